The fourth-order valence-corrected chi connectivity index (χ4v) is 9.92. The zero-order valence-electron chi connectivity index (χ0n) is 22.1. The molecule has 3 saturated heterocycles. The molecule has 1 aromatic rings. The van der Waals surface area contributed by atoms with E-state index in [1.54, 1.807) is 27.6 Å². The summed E-state index contributed by atoms with van der Waals surface area (Å²) in [4.78, 5) is 45.4. The third-order valence-corrected chi connectivity index (χ3v) is 11.1. The number of anilines is 1. The van der Waals surface area contributed by atoms with Gasteiger partial charge in [-0.2, -0.15) is 0 Å². The maximum absolute atomic E-state index is 14.6. The molecule has 3 heterocycles. The van der Waals surface area contributed by atoms with E-state index >= 15 is 0 Å². The number of ether oxygens (including phenoxy) is 1. The minimum Gasteiger partial charge on any atom is -0.461 e. The van der Waals surface area contributed by atoms with E-state index in [0.29, 0.717) is 32.4 Å². The number of amides is 2. The third kappa shape index (κ3) is 4.97. The second-order valence-electron chi connectivity index (χ2n) is 10.4. The standard InChI is InChI=1S/C29H37BrN2O5S/c1-5-12-31(21-16-18(3)10-11-19(21)4)27(35)25-29-17-20(30)24(38-29)22(28(36)37-15-6-2)23(29)26(34)32(25)13-8-7-9-14-33/h5-6,10-11,16,20,22-25,33H,1-2,7-9,12-15,17H2,3-4H3/t20?,22-,23+,24-,25?,29?/m1/s1. The highest BCUT2D eigenvalue weighted by molar-refractivity contribution is 9.09. The summed E-state index contributed by atoms with van der Waals surface area (Å²) < 4.78 is 4.72. The molecular weight excluding hydrogens is 568 g/mol. The number of esters is 1. The van der Waals surface area contributed by atoms with Gasteiger partial charge in [0, 0.05) is 35.5 Å². The summed E-state index contributed by atoms with van der Waals surface area (Å²) in [5.41, 5.74) is 2.80. The zero-order chi connectivity index (χ0) is 27.6. The number of hydrogen-bond acceptors (Lipinski definition) is 6. The van der Waals surface area contributed by atoms with E-state index in [1.165, 1.54) is 6.08 Å². The van der Waals surface area contributed by atoms with E-state index in [0.717, 1.165) is 23.2 Å². The van der Waals surface area contributed by atoms with Crippen molar-refractivity contribution in [3.05, 3.63) is 54.6 Å². The van der Waals surface area contributed by atoms with Crippen LogP contribution in [0.5, 0.6) is 0 Å². The highest BCUT2D eigenvalue weighted by atomic mass is 79.9. The van der Waals surface area contributed by atoms with Crippen LogP contribution >= 0.6 is 27.7 Å². The number of thioether (sulfide) groups is 1. The fourth-order valence-electron chi connectivity index (χ4n) is 6.32. The molecule has 38 heavy (non-hydrogen) atoms. The average molecular weight is 606 g/mol. The summed E-state index contributed by atoms with van der Waals surface area (Å²) in [7, 11) is 0. The number of rotatable bonds is 12. The first-order valence-corrected chi connectivity index (χ1v) is 15.0. The number of alkyl halides is 1. The van der Waals surface area contributed by atoms with Crippen molar-refractivity contribution in [2.24, 2.45) is 11.8 Å². The lowest BCUT2D eigenvalue weighted by molar-refractivity contribution is -0.153. The summed E-state index contributed by atoms with van der Waals surface area (Å²) in [6, 6.07) is 5.29. The first-order valence-electron chi connectivity index (χ1n) is 13.2. The first kappa shape index (κ1) is 28.9. The Kier molecular flexibility index (Phi) is 9.10. The van der Waals surface area contributed by atoms with Gasteiger partial charge in [0.1, 0.15) is 12.6 Å². The molecule has 7 nitrogen and oxygen atoms in total. The predicted molar refractivity (Wildman–Crippen MR) is 154 cm³/mol. The third-order valence-electron chi connectivity index (χ3n) is 7.93. The largest absolute Gasteiger partial charge is 0.461 e. The lowest BCUT2D eigenvalue weighted by Gasteiger charge is -2.38. The lowest BCUT2D eigenvalue weighted by atomic mass is 9.71. The summed E-state index contributed by atoms with van der Waals surface area (Å²) in [6.07, 6.45) is 5.89. The van der Waals surface area contributed by atoms with Gasteiger partial charge < -0.3 is 19.6 Å². The molecule has 3 aliphatic heterocycles. The quantitative estimate of drug-likeness (QED) is 0.167. The molecule has 3 unspecified atom stereocenters. The van der Waals surface area contributed by atoms with Crippen LogP contribution in [0.4, 0.5) is 5.69 Å². The van der Waals surface area contributed by atoms with Gasteiger partial charge in [0.2, 0.25) is 5.91 Å². The number of likely N-dealkylation sites (tertiary alicyclic amines) is 1. The molecule has 6 atom stereocenters. The normalized spacial score (nSPS) is 29.3. The molecule has 0 aromatic heterocycles. The molecule has 9 heteroatoms. The molecule has 0 aliphatic carbocycles. The second kappa shape index (κ2) is 12.0. The van der Waals surface area contributed by atoms with Gasteiger partial charge in [-0.3, -0.25) is 14.4 Å². The van der Waals surface area contributed by atoms with Gasteiger partial charge >= 0.3 is 5.97 Å². The molecule has 1 aromatic carbocycles. The molecular formula is C29H37BrN2O5S. The zero-order valence-corrected chi connectivity index (χ0v) is 24.5. The number of hydrogen-bond donors (Lipinski definition) is 1. The minimum atomic E-state index is -0.737. The van der Waals surface area contributed by atoms with E-state index < -0.39 is 28.6 Å². The highest BCUT2D eigenvalue weighted by Crippen LogP contribution is 2.68. The highest BCUT2D eigenvalue weighted by Gasteiger charge is 2.76. The summed E-state index contributed by atoms with van der Waals surface area (Å²) in [5, 5.41) is 9.10. The van der Waals surface area contributed by atoms with Crippen LogP contribution < -0.4 is 4.90 Å². The number of carbonyl (C=O) groups excluding carboxylic acids is 3. The van der Waals surface area contributed by atoms with E-state index in [-0.39, 0.29) is 35.1 Å². The van der Waals surface area contributed by atoms with Gasteiger partial charge in [-0.25, -0.2) is 0 Å². The Morgan fingerprint density at radius 1 is 1.26 bits per heavy atom. The lowest BCUT2D eigenvalue weighted by Crippen LogP contribution is -2.55. The van der Waals surface area contributed by atoms with Crippen LogP contribution in [-0.4, -0.2) is 75.0 Å². The maximum Gasteiger partial charge on any atom is 0.311 e. The van der Waals surface area contributed by atoms with E-state index in [4.69, 9.17) is 4.74 Å². The number of unbranched alkanes of at least 4 members (excludes halogenated alkanes) is 2. The smallest absolute Gasteiger partial charge is 0.311 e. The number of fused-ring (bicyclic) bond motifs is 1. The number of aliphatic hydroxyl groups excluding tert-OH is 1. The molecule has 4 rings (SSSR count). The van der Waals surface area contributed by atoms with Crippen molar-refractivity contribution in [3.63, 3.8) is 0 Å². The molecule has 3 fully saturated rings. The molecule has 3 aliphatic rings. The van der Waals surface area contributed by atoms with Gasteiger partial charge in [0.25, 0.3) is 5.91 Å². The predicted octanol–water partition coefficient (Wildman–Crippen LogP) is 4.18. The Morgan fingerprint density at radius 3 is 2.71 bits per heavy atom. The van der Waals surface area contributed by atoms with Crippen molar-refractivity contribution in [2.75, 3.05) is 31.2 Å². The molecule has 0 saturated carbocycles. The molecule has 2 amide bonds. The summed E-state index contributed by atoms with van der Waals surface area (Å²) >= 11 is 5.38. The van der Waals surface area contributed by atoms with Crippen LogP contribution in [0.2, 0.25) is 0 Å². The van der Waals surface area contributed by atoms with Gasteiger partial charge in [0.15, 0.2) is 0 Å². The Balaban J connectivity index is 1.77. The molecule has 0 radical (unpaired) electrons. The van der Waals surface area contributed by atoms with Crippen LogP contribution in [0.15, 0.2) is 43.5 Å². The second-order valence-corrected chi connectivity index (χ2v) is 13.1. The number of benzene rings is 1. The van der Waals surface area contributed by atoms with Crippen molar-refractivity contribution in [1.82, 2.24) is 4.90 Å². The van der Waals surface area contributed by atoms with Crippen LogP contribution in [-0.2, 0) is 19.1 Å². The van der Waals surface area contributed by atoms with E-state index in [9.17, 15) is 19.5 Å². The van der Waals surface area contributed by atoms with Crippen molar-refractivity contribution in [3.8, 4) is 0 Å². The SMILES string of the molecule is C=CCOC(=O)[C@H]1[C@@H]2SC3(CC2Br)C(C(=O)N(CC=C)c2cc(C)ccc2C)N(CCCCCO)C(=O)[C@H]13. The Bertz CT molecular complexity index is 1110. The topological polar surface area (TPSA) is 87.2 Å². The van der Waals surface area contributed by atoms with Crippen LogP contribution in [0.1, 0.15) is 36.8 Å². The van der Waals surface area contributed by atoms with Crippen molar-refractivity contribution in [2.45, 2.75) is 60.4 Å². The number of nitrogens with zero attached hydrogens (tertiary/aromatic N) is 2. The van der Waals surface area contributed by atoms with Gasteiger partial charge in [-0.15, -0.1) is 18.3 Å². The number of carbonyl (C=O) groups is 3. The minimum absolute atomic E-state index is 0.0176. The monoisotopic (exact) mass is 604 g/mol. The van der Waals surface area contributed by atoms with Crippen LogP contribution in [0.25, 0.3) is 0 Å². The van der Waals surface area contributed by atoms with Crippen LogP contribution in [0.3, 0.4) is 0 Å². The first-order chi connectivity index (χ1) is 18.2. The Labute approximate surface area is 237 Å². The number of halogens is 1. The van der Waals surface area contributed by atoms with Gasteiger partial charge in [0.05, 0.1) is 16.6 Å². The Hall–Kier alpha value is -2.10. The molecule has 206 valence electrons. The van der Waals surface area contributed by atoms with Crippen molar-refractivity contribution in [1.29, 1.82) is 0 Å². The van der Waals surface area contributed by atoms with Gasteiger partial charge in [-0.05, 0) is 56.7 Å². The molecule has 1 N–H and O–H groups in total. The molecule has 1 spiro atoms. The van der Waals surface area contributed by atoms with Crippen LogP contribution in [0, 0.1) is 25.7 Å². The maximum atomic E-state index is 14.6. The van der Waals surface area contributed by atoms with Gasteiger partial charge in [-0.1, -0.05) is 46.8 Å². The summed E-state index contributed by atoms with van der Waals surface area (Å²) in [6.45, 7) is 12.4. The van der Waals surface area contributed by atoms with Crippen molar-refractivity contribution < 1.29 is 24.2 Å². The summed E-state index contributed by atoms with van der Waals surface area (Å²) in [5.74, 6) is -1.96. The van der Waals surface area contributed by atoms with Crippen molar-refractivity contribution >= 4 is 51.2 Å². The van der Waals surface area contributed by atoms with E-state index in [1.807, 2.05) is 32.0 Å². The molecule has 2 bridgehead atoms. The van der Waals surface area contributed by atoms with E-state index in [2.05, 4.69) is 29.1 Å². The fraction of sp³-hybridized carbons (Fsp3) is 0.552. The Morgan fingerprint density at radius 2 is 2.03 bits per heavy atom. The number of aryl methyl sites for hydroxylation is 2. The average Bonchev–Trinajstić information content (AvgIpc) is 3.48. The number of aliphatic hydroxyl groups is 1.